The number of hydrogen-bond donors (Lipinski definition) is 1. The maximum Gasteiger partial charge on any atom is 0.303 e. The summed E-state index contributed by atoms with van der Waals surface area (Å²) in [7, 11) is 0. The topological polar surface area (TPSA) is 73.7 Å². The summed E-state index contributed by atoms with van der Waals surface area (Å²) < 4.78 is 0. The van der Waals surface area contributed by atoms with Crippen molar-refractivity contribution in [3.8, 4) is 0 Å². The van der Waals surface area contributed by atoms with Gasteiger partial charge in [0.05, 0.1) is 5.56 Å². The van der Waals surface area contributed by atoms with Crippen molar-refractivity contribution >= 4 is 17.7 Å². The van der Waals surface area contributed by atoms with Crippen LogP contribution in [0.1, 0.15) is 55.8 Å². The lowest BCUT2D eigenvalue weighted by Crippen LogP contribution is -2.40. The van der Waals surface area contributed by atoms with Gasteiger partial charge in [-0.05, 0) is 56.1 Å². The van der Waals surface area contributed by atoms with Crippen LogP contribution >= 0.6 is 0 Å². The fraction of sp³-hybridized carbons (Fsp3) is 0.650. The predicted molar refractivity (Wildman–Crippen MR) is 100 cm³/mol. The predicted octanol–water partition coefficient (Wildman–Crippen LogP) is 3.03. The molecule has 142 valence electrons. The number of pyridine rings is 1. The molecule has 3 rings (SSSR count). The summed E-state index contributed by atoms with van der Waals surface area (Å²) in [4.78, 5) is 32.2. The molecular formula is C20H29N3O3. The summed E-state index contributed by atoms with van der Waals surface area (Å²) >= 11 is 0. The van der Waals surface area contributed by atoms with E-state index in [1.807, 2.05) is 17.0 Å². The van der Waals surface area contributed by atoms with Crippen LogP contribution in [0.3, 0.4) is 0 Å². The Morgan fingerprint density at radius 2 is 1.96 bits per heavy atom. The third kappa shape index (κ3) is 4.74. The van der Waals surface area contributed by atoms with E-state index >= 15 is 0 Å². The van der Waals surface area contributed by atoms with Crippen LogP contribution in [0.25, 0.3) is 0 Å². The Morgan fingerprint density at radius 1 is 1.19 bits per heavy atom. The molecule has 1 aromatic rings. The quantitative estimate of drug-likeness (QED) is 0.875. The first-order valence-corrected chi connectivity index (χ1v) is 9.75. The van der Waals surface area contributed by atoms with E-state index in [1.54, 1.807) is 6.20 Å². The molecule has 1 unspecified atom stereocenters. The number of carboxylic acid groups (broad SMARTS) is 1. The molecule has 6 heteroatoms. The fourth-order valence-electron chi connectivity index (χ4n) is 3.93. The van der Waals surface area contributed by atoms with E-state index in [0.717, 1.165) is 44.2 Å². The summed E-state index contributed by atoms with van der Waals surface area (Å²) in [5.41, 5.74) is 0.623. The molecule has 0 spiro atoms. The maximum absolute atomic E-state index is 12.8. The number of aromatic nitrogens is 1. The average molecular weight is 359 g/mol. The Balaban J connectivity index is 1.58. The highest BCUT2D eigenvalue weighted by molar-refractivity contribution is 5.94. The fourth-order valence-corrected chi connectivity index (χ4v) is 3.93. The second kappa shape index (κ2) is 8.52. The number of nitrogens with zero attached hydrogens (tertiary/aromatic N) is 3. The number of carboxylic acids is 1. The molecule has 1 atom stereocenters. The van der Waals surface area contributed by atoms with E-state index in [4.69, 9.17) is 5.11 Å². The van der Waals surface area contributed by atoms with Gasteiger partial charge in [-0.15, -0.1) is 0 Å². The second-order valence-corrected chi connectivity index (χ2v) is 7.77. The number of likely N-dealkylation sites (tertiary alicyclic amines) is 1. The molecule has 0 aliphatic carbocycles. The van der Waals surface area contributed by atoms with Gasteiger partial charge in [0.25, 0.3) is 5.91 Å². The van der Waals surface area contributed by atoms with E-state index in [9.17, 15) is 9.59 Å². The van der Waals surface area contributed by atoms with E-state index in [-0.39, 0.29) is 18.2 Å². The number of piperidine rings is 2. The van der Waals surface area contributed by atoms with Crippen LogP contribution in [0, 0.1) is 11.8 Å². The Kier molecular flexibility index (Phi) is 6.12. The Bertz CT molecular complexity index is 624. The molecular weight excluding hydrogens is 330 g/mol. The van der Waals surface area contributed by atoms with Gasteiger partial charge >= 0.3 is 5.97 Å². The summed E-state index contributed by atoms with van der Waals surface area (Å²) in [6.45, 7) is 5.73. The third-order valence-electron chi connectivity index (χ3n) is 5.68. The van der Waals surface area contributed by atoms with Crippen LogP contribution < -0.4 is 4.90 Å². The van der Waals surface area contributed by atoms with Crippen LogP contribution in [0.2, 0.25) is 0 Å². The number of anilines is 1. The van der Waals surface area contributed by atoms with Crippen LogP contribution in [0.5, 0.6) is 0 Å². The Labute approximate surface area is 155 Å². The first-order valence-electron chi connectivity index (χ1n) is 9.75. The van der Waals surface area contributed by atoms with Crippen LogP contribution in [0.15, 0.2) is 18.3 Å². The minimum absolute atomic E-state index is 0.0105. The van der Waals surface area contributed by atoms with Crippen LogP contribution in [-0.4, -0.2) is 53.0 Å². The molecule has 2 saturated heterocycles. The zero-order valence-electron chi connectivity index (χ0n) is 15.6. The number of aliphatic carboxylic acids is 1. The SMILES string of the molecule is CC1CCN(c2ccc(C(=O)N3CCCC(CCC(=O)O)C3)cn2)CC1. The monoisotopic (exact) mass is 359 g/mol. The highest BCUT2D eigenvalue weighted by Gasteiger charge is 2.25. The third-order valence-corrected chi connectivity index (χ3v) is 5.68. The largest absolute Gasteiger partial charge is 0.481 e. The molecule has 2 aliphatic rings. The number of carbonyl (C=O) groups is 2. The van der Waals surface area contributed by atoms with Gasteiger partial charge in [0.2, 0.25) is 0 Å². The number of rotatable bonds is 5. The molecule has 2 fully saturated rings. The second-order valence-electron chi connectivity index (χ2n) is 7.77. The standard InChI is InChI=1S/C20H29N3O3/c1-15-8-11-22(12-9-15)18-6-5-17(13-21-18)20(26)23-10-2-3-16(14-23)4-7-19(24)25/h5-6,13,15-16H,2-4,7-12,14H2,1H3,(H,24,25). The van der Waals surface area contributed by atoms with E-state index in [1.165, 1.54) is 12.8 Å². The molecule has 0 radical (unpaired) electrons. The van der Waals surface area contributed by atoms with Crippen molar-refractivity contribution in [1.29, 1.82) is 0 Å². The maximum atomic E-state index is 12.8. The number of amides is 1. The lowest BCUT2D eigenvalue weighted by molar-refractivity contribution is -0.137. The zero-order valence-corrected chi connectivity index (χ0v) is 15.6. The molecule has 0 aromatic carbocycles. The van der Waals surface area contributed by atoms with E-state index in [0.29, 0.717) is 18.5 Å². The highest BCUT2D eigenvalue weighted by atomic mass is 16.4. The van der Waals surface area contributed by atoms with Gasteiger partial charge < -0.3 is 14.9 Å². The minimum atomic E-state index is -0.764. The van der Waals surface area contributed by atoms with E-state index < -0.39 is 5.97 Å². The molecule has 3 heterocycles. The van der Waals surface area contributed by atoms with Gasteiger partial charge in [-0.1, -0.05) is 6.92 Å². The van der Waals surface area contributed by atoms with Crippen molar-refractivity contribution in [3.63, 3.8) is 0 Å². The van der Waals surface area contributed by atoms with Crippen LogP contribution in [0.4, 0.5) is 5.82 Å². The average Bonchev–Trinajstić information content (AvgIpc) is 2.67. The van der Waals surface area contributed by atoms with Gasteiger partial charge in [0.15, 0.2) is 0 Å². The molecule has 1 N–H and O–H groups in total. The Hall–Kier alpha value is -2.11. The van der Waals surface area contributed by atoms with Gasteiger partial charge in [0, 0.05) is 38.8 Å². The normalized spacial score (nSPS) is 21.7. The van der Waals surface area contributed by atoms with Crippen molar-refractivity contribution in [3.05, 3.63) is 23.9 Å². The summed E-state index contributed by atoms with van der Waals surface area (Å²) in [6, 6.07) is 3.83. The van der Waals surface area contributed by atoms with Gasteiger partial charge in [-0.3, -0.25) is 9.59 Å². The van der Waals surface area contributed by atoms with Gasteiger partial charge in [-0.25, -0.2) is 4.98 Å². The van der Waals surface area contributed by atoms with Crippen molar-refractivity contribution in [1.82, 2.24) is 9.88 Å². The first kappa shape index (κ1) is 18.7. The first-order chi connectivity index (χ1) is 12.5. The number of carbonyl (C=O) groups excluding carboxylic acids is 1. The van der Waals surface area contributed by atoms with Crippen molar-refractivity contribution in [2.75, 3.05) is 31.1 Å². The zero-order chi connectivity index (χ0) is 18.5. The highest BCUT2D eigenvalue weighted by Crippen LogP contribution is 2.24. The lowest BCUT2D eigenvalue weighted by atomic mass is 9.93. The van der Waals surface area contributed by atoms with Gasteiger partial charge in [0.1, 0.15) is 5.82 Å². The smallest absolute Gasteiger partial charge is 0.303 e. The lowest BCUT2D eigenvalue weighted by Gasteiger charge is -2.33. The Morgan fingerprint density at radius 3 is 2.62 bits per heavy atom. The summed E-state index contributed by atoms with van der Waals surface area (Å²) in [5.74, 6) is 1.26. The number of hydrogen-bond acceptors (Lipinski definition) is 4. The molecule has 2 aliphatic heterocycles. The molecule has 1 amide bonds. The minimum Gasteiger partial charge on any atom is -0.481 e. The van der Waals surface area contributed by atoms with Crippen molar-refractivity contribution in [2.45, 2.75) is 45.4 Å². The summed E-state index contributed by atoms with van der Waals surface area (Å²) in [6.07, 6.45) is 6.83. The van der Waals surface area contributed by atoms with Crippen molar-refractivity contribution < 1.29 is 14.7 Å². The van der Waals surface area contributed by atoms with E-state index in [2.05, 4.69) is 16.8 Å². The van der Waals surface area contributed by atoms with Crippen LogP contribution in [-0.2, 0) is 4.79 Å². The van der Waals surface area contributed by atoms with Crippen molar-refractivity contribution in [2.24, 2.45) is 11.8 Å². The molecule has 6 nitrogen and oxygen atoms in total. The molecule has 0 bridgehead atoms. The summed E-state index contributed by atoms with van der Waals surface area (Å²) in [5, 5.41) is 8.85. The van der Waals surface area contributed by atoms with Gasteiger partial charge in [-0.2, -0.15) is 0 Å². The molecule has 26 heavy (non-hydrogen) atoms. The molecule has 0 saturated carbocycles. The molecule has 1 aromatic heterocycles.